The van der Waals surface area contributed by atoms with Crippen molar-refractivity contribution >= 4 is 41.0 Å². The number of anilines is 3. The molecule has 0 radical (unpaired) electrons. The van der Waals surface area contributed by atoms with E-state index in [9.17, 15) is 9.59 Å². The van der Waals surface area contributed by atoms with Gasteiger partial charge < -0.3 is 20.1 Å². The van der Waals surface area contributed by atoms with Gasteiger partial charge in [0.2, 0.25) is 5.75 Å². The number of amides is 3. The van der Waals surface area contributed by atoms with Crippen molar-refractivity contribution in [2.45, 2.75) is 38.0 Å². The van der Waals surface area contributed by atoms with E-state index >= 15 is 0 Å². The monoisotopic (exact) mass is 559 g/mol. The van der Waals surface area contributed by atoms with Crippen LogP contribution < -0.4 is 25.4 Å². The highest BCUT2D eigenvalue weighted by Gasteiger charge is 2.23. The summed E-state index contributed by atoms with van der Waals surface area (Å²) in [5, 5.41) is 13.3. The van der Waals surface area contributed by atoms with Crippen LogP contribution in [0.1, 0.15) is 32.2 Å². The highest BCUT2D eigenvalue weighted by atomic mass is 32.2. The maximum atomic E-state index is 13.1. The van der Waals surface area contributed by atoms with E-state index in [-0.39, 0.29) is 17.9 Å². The first-order chi connectivity index (χ1) is 19.1. The van der Waals surface area contributed by atoms with Gasteiger partial charge in [-0.3, -0.25) is 15.1 Å². The van der Waals surface area contributed by atoms with Gasteiger partial charge in [-0.2, -0.15) is 5.10 Å². The number of thioether (sulfide) groups is 1. The van der Waals surface area contributed by atoms with Crippen LogP contribution in [0.4, 0.5) is 22.1 Å². The van der Waals surface area contributed by atoms with Gasteiger partial charge in [0.05, 0.1) is 23.3 Å². The summed E-state index contributed by atoms with van der Waals surface area (Å²) in [6.45, 7) is 8.00. The molecule has 0 atom stereocenters. The molecule has 11 nitrogen and oxygen atoms in total. The van der Waals surface area contributed by atoms with Gasteiger partial charge in [0.25, 0.3) is 5.91 Å². The first kappa shape index (κ1) is 27.0. The molecule has 40 heavy (non-hydrogen) atoms. The van der Waals surface area contributed by atoms with Gasteiger partial charge in [0.1, 0.15) is 11.6 Å². The summed E-state index contributed by atoms with van der Waals surface area (Å²) in [4.78, 5) is 34.0. The predicted octanol–water partition coefficient (Wildman–Crippen LogP) is 5.76. The number of benzene rings is 1. The molecule has 5 rings (SSSR count). The second-order valence-corrected chi connectivity index (χ2v) is 10.9. The van der Waals surface area contributed by atoms with Crippen molar-refractivity contribution < 1.29 is 19.1 Å². The van der Waals surface area contributed by atoms with Crippen molar-refractivity contribution in [3.8, 4) is 22.9 Å². The Labute approximate surface area is 235 Å². The Morgan fingerprint density at radius 3 is 2.67 bits per heavy atom. The summed E-state index contributed by atoms with van der Waals surface area (Å²) in [6.07, 6.45) is 5.16. The van der Waals surface area contributed by atoms with E-state index in [1.807, 2.05) is 37.4 Å². The number of rotatable bonds is 6. The average Bonchev–Trinajstić information content (AvgIpc) is 3.34. The van der Waals surface area contributed by atoms with Crippen LogP contribution in [0.2, 0.25) is 0 Å². The largest absolute Gasteiger partial charge is 0.476 e. The third kappa shape index (κ3) is 5.86. The van der Waals surface area contributed by atoms with E-state index in [1.165, 1.54) is 18.0 Å². The quantitative estimate of drug-likeness (QED) is 0.254. The van der Waals surface area contributed by atoms with Gasteiger partial charge in [0.15, 0.2) is 18.2 Å². The van der Waals surface area contributed by atoms with Crippen molar-refractivity contribution in [3.63, 3.8) is 0 Å². The number of hydrogen-bond acceptors (Lipinski definition) is 8. The maximum absolute atomic E-state index is 13.1. The fourth-order valence-corrected chi connectivity index (χ4v) is 4.47. The van der Waals surface area contributed by atoms with Crippen LogP contribution in [0.3, 0.4) is 0 Å². The minimum Gasteiger partial charge on any atom is -0.476 e. The zero-order valence-electron chi connectivity index (χ0n) is 22.7. The molecule has 0 unspecified atom stereocenters. The smallest absolute Gasteiger partial charge is 0.324 e. The standard InChI is InChI=1S/C28H29N7O4S/c1-16-6-7-17(14-30-16)35-23(13-22(34-35)28(2,3)4)32-27(37)31-19-9-8-18(12-21(19)40-5)39-20-10-11-29-26-25(20)38-15-24(36)33-26/h6-14H,15H2,1-5H3,(H,29,33,36)(H2,31,32,37). The summed E-state index contributed by atoms with van der Waals surface area (Å²) in [6, 6.07) is 12.2. The lowest BCUT2D eigenvalue weighted by Gasteiger charge is -2.19. The zero-order chi connectivity index (χ0) is 28.4. The number of urea groups is 1. The first-order valence-electron chi connectivity index (χ1n) is 12.5. The third-order valence-electron chi connectivity index (χ3n) is 5.98. The second kappa shape index (κ2) is 10.9. The molecule has 1 aliphatic heterocycles. The highest BCUT2D eigenvalue weighted by molar-refractivity contribution is 7.98. The minimum absolute atomic E-state index is 0.111. The summed E-state index contributed by atoms with van der Waals surface area (Å²) in [5.41, 5.74) is 2.85. The zero-order valence-corrected chi connectivity index (χ0v) is 23.5. The number of hydrogen-bond donors (Lipinski definition) is 3. The van der Waals surface area contributed by atoms with E-state index in [0.717, 1.165) is 22.0 Å². The summed E-state index contributed by atoms with van der Waals surface area (Å²) < 4.78 is 13.2. The topological polar surface area (TPSA) is 132 Å². The van der Waals surface area contributed by atoms with E-state index in [2.05, 4.69) is 46.7 Å². The Kier molecular flexibility index (Phi) is 7.35. The molecule has 0 aliphatic carbocycles. The molecular weight excluding hydrogens is 530 g/mol. The molecule has 0 fully saturated rings. The third-order valence-corrected chi connectivity index (χ3v) is 6.76. The molecule has 0 spiro atoms. The highest BCUT2D eigenvalue weighted by Crippen LogP contribution is 2.39. The average molecular weight is 560 g/mol. The van der Waals surface area contributed by atoms with Crippen molar-refractivity contribution in [3.05, 3.63) is 66.2 Å². The van der Waals surface area contributed by atoms with Crippen molar-refractivity contribution in [1.82, 2.24) is 19.7 Å². The summed E-state index contributed by atoms with van der Waals surface area (Å²) in [5.74, 6) is 1.87. The Morgan fingerprint density at radius 2 is 1.95 bits per heavy atom. The minimum atomic E-state index is -0.419. The molecule has 4 heterocycles. The van der Waals surface area contributed by atoms with E-state index in [4.69, 9.17) is 14.6 Å². The number of pyridine rings is 2. The lowest BCUT2D eigenvalue weighted by atomic mass is 9.92. The van der Waals surface area contributed by atoms with Crippen molar-refractivity contribution in [2.75, 3.05) is 28.8 Å². The van der Waals surface area contributed by atoms with Crippen LogP contribution in [0.15, 0.2) is 59.8 Å². The number of aromatic nitrogens is 4. The van der Waals surface area contributed by atoms with Crippen LogP contribution in [-0.2, 0) is 10.2 Å². The van der Waals surface area contributed by atoms with Crippen LogP contribution >= 0.6 is 11.8 Å². The molecule has 3 N–H and O–H groups in total. The fraction of sp³-hybridized carbons (Fsp3) is 0.250. The number of fused-ring (bicyclic) bond motifs is 1. The molecule has 0 bridgehead atoms. The van der Waals surface area contributed by atoms with Gasteiger partial charge in [-0.15, -0.1) is 11.8 Å². The molecule has 1 aromatic carbocycles. The van der Waals surface area contributed by atoms with Gasteiger partial charge in [-0.25, -0.2) is 14.5 Å². The molecule has 3 amide bonds. The predicted molar refractivity (Wildman–Crippen MR) is 154 cm³/mol. The van der Waals surface area contributed by atoms with Crippen molar-refractivity contribution in [2.24, 2.45) is 0 Å². The number of carbonyl (C=O) groups is 2. The SMILES string of the molecule is CSc1cc(Oc2ccnc3c2OCC(=O)N3)ccc1NC(=O)Nc1cc(C(C)(C)C)nn1-c1ccc(C)nc1. The lowest BCUT2D eigenvalue weighted by molar-refractivity contribution is -0.118. The second-order valence-electron chi connectivity index (χ2n) is 10.1. The van der Waals surface area contributed by atoms with Gasteiger partial charge in [-0.1, -0.05) is 20.8 Å². The number of aryl methyl sites for hydroxylation is 1. The Bertz CT molecular complexity index is 1580. The van der Waals surface area contributed by atoms with E-state index < -0.39 is 6.03 Å². The summed E-state index contributed by atoms with van der Waals surface area (Å²) >= 11 is 1.46. The molecule has 206 valence electrons. The van der Waals surface area contributed by atoms with Crippen LogP contribution in [-0.4, -0.2) is 44.5 Å². The van der Waals surface area contributed by atoms with Gasteiger partial charge in [0, 0.05) is 34.3 Å². The van der Waals surface area contributed by atoms with Gasteiger partial charge in [-0.05, 0) is 43.5 Å². The molecule has 12 heteroatoms. The fourth-order valence-electron chi connectivity index (χ4n) is 3.90. The molecule has 3 aromatic heterocycles. The van der Waals surface area contributed by atoms with Gasteiger partial charge >= 0.3 is 6.03 Å². The van der Waals surface area contributed by atoms with E-state index in [0.29, 0.717) is 34.6 Å². The summed E-state index contributed by atoms with van der Waals surface area (Å²) in [7, 11) is 0. The van der Waals surface area contributed by atoms with Crippen LogP contribution in [0.5, 0.6) is 17.2 Å². The Balaban J connectivity index is 1.35. The maximum Gasteiger partial charge on any atom is 0.324 e. The first-order valence-corrected chi connectivity index (χ1v) is 13.7. The lowest BCUT2D eigenvalue weighted by Crippen LogP contribution is -2.26. The van der Waals surface area contributed by atoms with Crippen LogP contribution in [0, 0.1) is 6.92 Å². The Hall–Kier alpha value is -4.58. The number of nitrogens with one attached hydrogen (secondary N) is 3. The number of carbonyl (C=O) groups excluding carboxylic acids is 2. The molecular formula is C28H29N7O4S. The van der Waals surface area contributed by atoms with Crippen LogP contribution in [0.25, 0.3) is 5.69 Å². The van der Waals surface area contributed by atoms with Crippen molar-refractivity contribution in [1.29, 1.82) is 0 Å². The molecule has 0 saturated carbocycles. The normalized spacial score (nSPS) is 12.7. The van der Waals surface area contributed by atoms with E-state index in [1.54, 1.807) is 29.1 Å². The molecule has 0 saturated heterocycles. The molecule has 1 aliphatic rings. The Morgan fingerprint density at radius 1 is 1.12 bits per heavy atom. The number of ether oxygens (including phenoxy) is 2. The number of nitrogens with zero attached hydrogens (tertiary/aromatic N) is 4. The molecule has 4 aromatic rings.